The van der Waals surface area contributed by atoms with E-state index < -0.39 is 79.9 Å². The van der Waals surface area contributed by atoms with E-state index in [0.29, 0.717) is 35.7 Å². The molecule has 4 aliphatic heterocycles. The highest BCUT2D eigenvalue weighted by atomic mass is 32.2. The van der Waals surface area contributed by atoms with E-state index in [1.165, 1.54) is 123 Å². The molecule has 0 radical (unpaired) electrons. The Labute approximate surface area is 385 Å². The van der Waals surface area contributed by atoms with Gasteiger partial charge < -0.3 is 15.1 Å². The van der Waals surface area contributed by atoms with Crippen LogP contribution in [0.3, 0.4) is 0 Å². The summed E-state index contributed by atoms with van der Waals surface area (Å²) in [5.74, 6) is -2.12. The molecule has 4 aromatic rings. The summed E-state index contributed by atoms with van der Waals surface area (Å²) in [6.07, 6.45) is 1.42. The molecule has 5 unspecified atom stereocenters. The fourth-order valence-corrected chi connectivity index (χ4v) is 17.6. The highest BCUT2D eigenvalue weighted by Gasteiger charge is 2.61. The summed E-state index contributed by atoms with van der Waals surface area (Å²) in [4.78, 5) is 85.6. The van der Waals surface area contributed by atoms with Gasteiger partial charge in [0.05, 0.1) is 0 Å². The van der Waals surface area contributed by atoms with Gasteiger partial charge in [-0.3, -0.25) is 28.9 Å². The summed E-state index contributed by atoms with van der Waals surface area (Å²) >= 11 is 10.3. The number of aryl methyl sites for hydroxylation is 1. The predicted molar refractivity (Wildman–Crippen MR) is 236 cm³/mol. The van der Waals surface area contributed by atoms with E-state index in [2.05, 4.69) is 18.7 Å². The second-order valence-corrected chi connectivity index (χ2v) is 24.5. The molecule has 3 fully saturated rings. The van der Waals surface area contributed by atoms with Crippen molar-refractivity contribution >= 4 is 150 Å². The maximum atomic E-state index is 13.0. The van der Waals surface area contributed by atoms with E-state index in [9.17, 15) is 47.4 Å². The number of carboxylic acids is 2. The number of carbonyl (C=O) groups excluding carboxylic acids is 4. The van der Waals surface area contributed by atoms with E-state index in [4.69, 9.17) is 0 Å². The normalized spacial score (nSPS) is 24.0. The average Bonchev–Trinajstić information content (AvgIpc) is 4.09. The minimum absolute atomic E-state index is 0.0402. The molecule has 0 aromatic carbocycles. The van der Waals surface area contributed by atoms with Gasteiger partial charge in [-0.05, 0) is 58.5 Å². The van der Waals surface area contributed by atoms with Crippen LogP contribution >= 0.6 is 92.8 Å². The number of carboxylic acid groups (broad SMARTS) is 2. The fraction of sp³-hybridized carbons (Fsp3) is 0.394. The Hall–Kier alpha value is -3.22. The SMILES string of the molecule is CC(=O)N(C1C(=O)N2C(C(=O)O)=C(CSc3nc(C)ns3)CS[C@H]12)S(=O)c1cccs1.CC(=O)N(C1C(=O)N2CC(CSc3ncns3)(C(=O)O)CS[C@H]12)S(=O)c1cccs1. The van der Waals surface area contributed by atoms with Crippen LogP contribution < -0.4 is 0 Å². The summed E-state index contributed by atoms with van der Waals surface area (Å²) in [5, 5.41) is 22.2. The van der Waals surface area contributed by atoms with Gasteiger partial charge in [-0.15, -0.1) is 46.2 Å². The van der Waals surface area contributed by atoms with E-state index in [1.54, 1.807) is 41.9 Å². The van der Waals surface area contributed by atoms with Crippen LogP contribution in [0.1, 0.15) is 19.7 Å². The van der Waals surface area contributed by atoms with Crippen LogP contribution in [-0.4, -0.2) is 144 Å². The van der Waals surface area contributed by atoms with Crippen LogP contribution in [0.5, 0.6) is 0 Å². The number of amides is 4. The standard InChI is InChI=1S/C17H16N4O5S5.C16H16N4O5S5/c1-8-18-17(30-19-8)29-7-10-6-28-15-13(14(23)20(15)12(10)16(24)25)21(9(2)22)31(26)11-4-3-5-27-11;1-9(21)20(30(25)10-3-2-4-26-10)11-12(22)19-5-16(14(23)24,6-27-13(11)19)7-28-15-17-8-18-29-15/h3-5,13,15H,6-7H2,1-2H3,(H,24,25);2-4,8,11,13H,5-7H2,1H3,(H,23,24)/t13?,15-,31?;11?,13-,16?,30?/m11/s1. The van der Waals surface area contributed by atoms with E-state index in [0.717, 1.165) is 13.0 Å². The van der Waals surface area contributed by atoms with Crippen molar-refractivity contribution in [2.75, 3.05) is 29.6 Å². The van der Waals surface area contributed by atoms with Crippen LogP contribution in [0.2, 0.25) is 0 Å². The van der Waals surface area contributed by atoms with Gasteiger partial charge in [0.2, 0.25) is 11.8 Å². The van der Waals surface area contributed by atoms with Crippen molar-refractivity contribution in [3.8, 4) is 0 Å². The van der Waals surface area contributed by atoms with Crippen molar-refractivity contribution in [3.05, 3.63) is 58.4 Å². The van der Waals surface area contributed by atoms with Gasteiger partial charge >= 0.3 is 11.9 Å². The van der Waals surface area contributed by atoms with Crippen molar-refractivity contribution < 1.29 is 47.4 Å². The summed E-state index contributed by atoms with van der Waals surface area (Å²) in [7, 11) is -3.61. The van der Waals surface area contributed by atoms with E-state index in [-0.39, 0.29) is 29.7 Å². The highest BCUT2D eigenvalue weighted by molar-refractivity contribution is 8.02. The quantitative estimate of drug-likeness (QED) is 0.135. The Morgan fingerprint density at radius 1 is 0.902 bits per heavy atom. The van der Waals surface area contributed by atoms with Crippen molar-refractivity contribution in [2.24, 2.45) is 5.41 Å². The molecule has 3 saturated heterocycles. The molecule has 8 heterocycles. The first-order valence-electron chi connectivity index (χ1n) is 17.5. The van der Waals surface area contributed by atoms with Gasteiger partial charge in [-0.2, -0.15) is 8.75 Å². The maximum Gasteiger partial charge on any atom is 0.352 e. The minimum Gasteiger partial charge on any atom is -0.481 e. The molecule has 18 nitrogen and oxygen atoms in total. The zero-order valence-electron chi connectivity index (χ0n) is 31.7. The van der Waals surface area contributed by atoms with Crippen molar-refractivity contribution in [1.29, 1.82) is 0 Å². The molecule has 8 rings (SSSR count). The third-order valence-corrected chi connectivity index (χ3v) is 21.7. The Balaban J connectivity index is 0.000000184. The molecular formula is C33H32N8O10S10. The Morgan fingerprint density at radius 3 is 2.05 bits per heavy atom. The monoisotopic (exact) mass is 1020 g/mol. The van der Waals surface area contributed by atoms with Gasteiger partial charge in [0, 0.05) is 43.4 Å². The van der Waals surface area contributed by atoms with Crippen molar-refractivity contribution in [3.63, 3.8) is 0 Å². The van der Waals surface area contributed by atoms with Crippen LogP contribution in [0.15, 0.2) is 69.7 Å². The molecule has 2 N–H and O–H groups in total. The molecule has 324 valence electrons. The van der Waals surface area contributed by atoms with Crippen LogP contribution in [0.25, 0.3) is 0 Å². The van der Waals surface area contributed by atoms with Crippen LogP contribution in [0, 0.1) is 12.3 Å². The second kappa shape index (κ2) is 19.3. The lowest BCUT2D eigenvalue weighted by atomic mass is 9.89. The summed E-state index contributed by atoms with van der Waals surface area (Å²) in [5.41, 5.74) is -0.595. The Morgan fingerprint density at radius 2 is 1.54 bits per heavy atom. The minimum atomic E-state index is -1.83. The lowest BCUT2D eigenvalue weighted by Gasteiger charge is -2.55. The van der Waals surface area contributed by atoms with Gasteiger partial charge in [-0.25, -0.2) is 31.8 Å². The molecule has 0 bridgehead atoms. The number of rotatable bonds is 14. The topological polar surface area (TPSA) is 242 Å². The molecule has 28 heteroatoms. The smallest absolute Gasteiger partial charge is 0.352 e. The number of aliphatic carboxylic acids is 2. The number of carbonyl (C=O) groups is 6. The molecular weight excluding hydrogens is 989 g/mol. The van der Waals surface area contributed by atoms with Crippen molar-refractivity contribution in [1.82, 2.24) is 37.1 Å². The highest BCUT2D eigenvalue weighted by Crippen LogP contribution is 2.47. The largest absolute Gasteiger partial charge is 0.481 e. The van der Waals surface area contributed by atoms with Crippen LogP contribution in [-0.2, 0) is 50.7 Å². The molecule has 4 aromatic heterocycles. The molecule has 4 aliphatic rings. The number of thioether (sulfide) groups is 4. The zero-order chi connectivity index (χ0) is 43.7. The average molecular weight is 1020 g/mol. The number of nitrogens with zero attached hydrogens (tertiary/aromatic N) is 8. The van der Waals surface area contributed by atoms with Gasteiger partial charge in [-0.1, -0.05) is 35.7 Å². The predicted octanol–water partition coefficient (Wildman–Crippen LogP) is 3.81. The van der Waals surface area contributed by atoms with Gasteiger partial charge in [0.25, 0.3) is 11.8 Å². The lowest BCUT2D eigenvalue weighted by Crippen LogP contribution is -2.74. The second-order valence-electron chi connectivity index (χ2n) is 13.3. The molecule has 0 aliphatic carbocycles. The first-order valence-corrected chi connectivity index (χ1v) is 27.1. The summed E-state index contributed by atoms with van der Waals surface area (Å²) in [6, 6.07) is 4.91. The Bertz CT molecular complexity index is 2410. The molecule has 7 atom stereocenters. The molecule has 0 saturated carbocycles. The summed E-state index contributed by atoms with van der Waals surface area (Å²) in [6.45, 7) is 4.37. The summed E-state index contributed by atoms with van der Waals surface area (Å²) < 4.78 is 38.4. The molecule has 61 heavy (non-hydrogen) atoms. The number of hydrogen-bond acceptors (Lipinski definition) is 20. The molecule has 4 amide bonds. The Kier molecular flexibility index (Phi) is 14.5. The first-order chi connectivity index (χ1) is 29.1. The first kappa shape index (κ1) is 45.8. The maximum absolute atomic E-state index is 13.0. The number of fused-ring (bicyclic) bond motifs is 2. The van der Waals surface area contributed by atoms with Gasteiger partial charge in [0.15, 0.2) is 42.7 Å². The number of thiophene rings is 2. The van der Waals surface area contributed by atoms with Crippen LogP contribution in [0.4, 0.5) is 0 Å². The third kappa shape index (κ3) is 9.24. The fourth-order valence-electron chi connectivity index (χ4n) is 6.49. The van der Waals surface area contributed by atoms with Gasteiger partial charge in [0.1, 0.15) is 42.4 Å². The molecule has 0 spiro atoms. The number of hydrogen-bond donors (Lipinski definition) is 2. The number of β-lactam (4-membered cyclic amide) rings is 2. The van der Waals surface area contributed by atoms with E-state index in [1.807, 2.05) is 0 Å². The number of aromatic nitrogens is 4. The zero-order valence-corrected chi connectivity index (χ0v) is 39.9. The lowest BCUT2D eigenvalue weighted by molar-refractivity contribution is -0.161. The van der Waals surface area contributed by atoms with E-state index >= 15 is 0 Å². The third-order valence-electron chi connectivity index (χ3n) is 9.30. The van der Waals surface area contributed by atoms with Crippen molar-refractivity contribution in [2.45, 2.75) is 60.7 Å².